The molecular formula is C9H8N4O2. The first-order chi connectivity index (χ1) is 7.18. The molecular weight excluding hydrogens is 196 g/mol. The second-order valence-electron chi connectivity index (χ2n) is 2.86. The molecule has 0 spiro atoms. The highest BCUT2D eigenvalue weighted by Crippen LogP contribution is 2.11. The van der Waals surface area contributed by atoms with E-state index in [4.69, 9.17) is 10.8 Å². The fourth-order valence-corrected chi connectivity index (χ4v) is 1.16. The molecule has 0 fully saturated rings. The van der Waals surface area contributed by atoms with Crippen LogP contribution >= 0.6 is 0 Å². The van der Waals surface area contributed by atoms with Gasteiger partial charge in [-0.05, 0) is 12.1 Å². The third-order valence-corrected chi connectivity index (χ3v) is 1.82. The number of carbonyl (C=O) groups is 1. The van der Waals surface area contributed by atoms with Crippen molar-refractivity contribution in [3.8, 4) is 5.82 Å². The zero-order chi connectivity index (χ0) is 10.8. The van der Waals surface area contributed by atoms with E-state index < -0.39 is 5.97 Å². The highest BCUT2D eigenvalue weighted by Gasteiger charge is 2.12. The third kappa shape index (κ3) is 1.64. The minimum absolute atomic E-state index is 0.0989. The van der Waals surface area contributed by atoms with E-state index in [1.807, 2.05) is 0 Å². The molecule has 0 saturated carbocycles. The number of aromatic nitrogens is 3. The maximum absolute atomic E-state index is 10.6. The number of carboxylic acid groups (broad SMARTS) is 1. The van der Waals surface area contributed by atoms with Gasteiger partial charge >= 0.3 is 5.97 Å². The van der Waals surface area contributed by atoms with Crippen LogP contribution in [0.2, 0.25) is 0 Å². The molecule has 0 radical (unpaired) electrons. The van der Waals surface area contributed by atoms with Gasteiger partial charge in [0, 0.05) is 12.3 Å². The van der Waals surface area contributed by atoms with Crippen molar-refractivity contribution < 1.29 is 9.90 Å². The molecule has 0 bridgehead atoms. The van der Waals surface area contributed by atoms with Crippen molar-refractivity contribution in [1.82, 2.24) is 14.8 Å². The van der Waals surface area contributed by atoms with Crippen molar-refractivity contribution >= 4 is 11.8 Å². The minimum Gasteiger partial charge on any atom is -0.476 e. The van der Waals surface area contributed by atoms with Crippen LogP contribution in [0, 0.1) is 0 Å². The van der Waals surface area contributed by atoms with Crippen LogP contribution < -0.4 is 5.73 Å². The summed E-state index contributed by atoms with van der Waals surface area (Å²) in [6.07, 6.45) is 1.58. The zero-order valence-electron chi connectivity index (χ0n) is 7.66. The fraction of sp³-hybridized carbons (Fsp3) is 0. The molecule has 76 valence electrons. The molecule has 0 unspecified atom stereocenters. The lowest BCUT2D eigenvalue weighted by Gasteiger charge is -2.00. The van der Waals surface area contributed by atoms with Crippen molar-refractivity contribution in [2.75, 3.05) is 5.73 Å². The number of carboxylic acids is 1. The number of nitrogens with two attached hydrogens (primary N) is 1. The summed E-state index contributed by atoms with van der Waals surface area (Å²) in [5.41, 5.74) is 5.51. The van der Waals surface area contributed by atoms with Crippen LogP contribution in [0.15, 0.2) is 30.5 Å². The molecule has 0 amide bonds. The smallest absolute Gasteiger partial charge is 0.356 e. The molecule has 0 aliphatic rings. The molecule has 6 heteroatoms. The van der Waals surface area contributed by atoms with Crippen molar-refractivity contribution in [2.24, 2.45) is 0 Å². The van der Waals surface area contributed by atoms with Crippen LogP contribution in [0.3, 0.4) is 0 Å². The molecule has 2 rings (SSSR count). The van der Waals surface area contributed by atoms with Gasteiger partial charge in [0.1, 0.15) is 5.82 Å². The van der Waals surface area contributed by atoms with E-state index in [9.17, 15) is 4.79 Å². The normalized spacial score (nSPS) is 10.1. The van der Waals surface area contributed by atoms with Gasteiger partial charge in [0.2, 0.25) is 0 Å². The zero-order valence-corrected chi connectivity index (χ0v) is 7.66. The second-order valence-corrected chi connectivity index (χ2v) is 2.86. The number of aromatic carboxylic acids is 1. The van der Waals surface area contributed by atoms with E-state index in [1.54, 1.807) is 24.4 Å². The summed E-state index contributed by atoms with van der Waals surface area (Å²) in [6, 6.07) is 6.50. The summed E-state index contributed by atoms with van der Waals surface area (Å²) < 4.78 is 1.28. The molecule has 0 aromatic carbocycles. The Morgan fingerprint density at radius 1 is 1.47 bits per heavy atom. The lowest BCUT2D eigenvalue weighted by molar-refractivity contribution is 0.0690. The largest absolute Gasteiger partial charge is 0.476 e. The van der Waals surface area contributed by atoms with E-state index >= 15 is 0 Å². The van der Waals surface area contributed by atoms with E-state index in [2.05, 4.69) is 10.1 Å². The highest BCUT2D eigenvalue weighted by atomic mass is 16.4. The summed E-state index contributed by atoms with van der Waals surface area (Å²) in [5, 5.41) is 12.5. The number of nitrogens with zero attached hydrogens (tertiary/aromatic N) is 3. The summed E-state index contributed by atoms with van der Waals surface area (Å²) in [7, 11) is 0. The first-order valence-electron chi connectivity index (χ1n) is 4.19. The van der Waals surface area contributed by atoms with Crippen molar-refractivity contribution in [3.05, 3.63) is 36.2 Å². The molecule has 2 heterocycles. The van der Waals surface area contributed by atoms with Crippen LogP contribution in [0.1, 0.15) is 10.5 Å². The molecule has 2 aromatic rings. The van der Waals surface area contributed by atoms with Gasteiger partial charge in [-0.1, -0.05) is 6.07 Å². The maximum atomic E-state index is 10.6. The van der Waals surface area contributed by atoms with Gasteiger partial charge in [-0.3, -0.25) is 0 Å². The predicted molar refractivity (Wildman–Crippen MR) is 52.7 cm³/mol. The summed E-state index contributed by atoms with van der Waals surface area (Å²) in [4.78, 5) is 14.7. The Labute approximate surface area is 85.0 Å². The minimum atomic E-state index is -1.11. The maximum Gasteiger partial charge on any atom is 0.356 e. The quantitative estimate of drug-likeness (QED) is 0.744. The Bertz CT molecular complexity index is 492. The summed E-state index contributed by atoms with van der Waals surface area (Å²) in [5.74, 6) is -0.384. The van der Waals surface area contributed by atoms with E-state index in [0.29, 0.717) is 5.82 Å². The van der Waals surface area contributed by atoms with Gasteiger partial charge < -0.3 is 10.8 Å². The summed E-state index contributed by atoms with van der Waals surface area (Å²) >= 11 is 0. The average molecular weight is 204 g/mol. The molecule has 0 aliphatic carbocycles. The third-order valence-electron chi connectivity index (χ3n) is 1.82. The molecule has 2 aromatic heterocycles. The van der Waals surface area contributed by atoms with E-state index in [1.165, 1.54) is 10.7 Å². The Morgan fingerprint density at radius 2 is 2.27 bits per heavy atom. The van der Waals surface area contributed by atoms with E-state index in [-0.39, 0.29) is 11.5 Å². The Morgan fingerprint density at radius 3 is 2.80 bits per heavy atom. The van der Waals surface area contributed by atoms with Gasteiger partial charge in [-0.25, -0.2) is 9.78 Å². The van der Waals surface area contributed by atoms with Crippen LogP contribution in [0.25, 0.3) is 5.82 Å². The number of anilines is 1. The van der Waals surface area contributed by atoms with Crippen LogP contribution in [-0.4, -0.2) is 25.8 Å². The Balaban J connectivity index is 2.50. The highest BCUT2D eigenvalue weighted by molar-refractivity contribution is 5.86. The molecule has 3 N–H and O–H groups in total. The van der Waals surface area contributed by atoms with Crippen LogP contribution in [-0.2, 0) is 0 Å². The Hall–Kier alpha value is -2.37. The second kappa shape index (κ2) is 3.41. The number of pyridine rings is 1. The topological polar surface area (TPSA) is 94.0 Å². The SMILES string of the molecule is Nc1cc(C(=O)O)nn1-c1ccccn1. The first kappa shape index (κ1) is 9.20. The van der Waals surface area contributed by atoms with Gasteiger partial charge in [-0.2, -0.15) is 9.78 Å². The number of hydrogen-bond acceptors (Lipinski definition) is 4. The van der Waals surface area contributed by atoms with Crippen LogP contribution in [0.4, 0.5) is 5.82 Å². The van der Waals surface area contributed by atoms with E-state index in [0.717, 1.165) is 0 Å². The average Bonchev–Trinajstić information content (AvgIpc) is 2.62. The number of hydrogen-bond donors (Lipinski definition) is 2. The number of nitrogen functional groups attached to an aromatic ring is 1. The standard InChI is InChI=1S/C9H8N4O2/c10-7-5-6(9(14)15)12-13(7)8-3-1-2-4-11-8/h1-5H,10H2,(H,14,15). The van der Waals surface area contributed by atoms with Crippen molar-refractivity contribution in [2.45, 2.75) is 0 Å². The molecule has 0 saturated heterocycles. The Kier molecular flexibility index (Phi) is 2.09. The van der Waals surface area contributed by atoms with Crippen molar-refractivity contribution in [3.63, 3.8) is 0 Å². The van der Waals surface area contributed by atoms with Gasteiger partial charge in [0.25, 0.3) is 0 Å². The van der Waals surface area contributed by atoms with Gasteiger partial charge in [0.15, 0.2) is 11.5 Å². The monoisotopic (exact) mass is 204 g/mol. The molecule has 0 aliphatic heterocycles. The lowest BCUT2D eigenvalue weighted by atomic mass is 10.4. The number of rotatable bonds is 2. The fourth-order valence-electron chi connectivity index (χ4n) is 1.16. The predicted octanol–water partition coefficient (Wildman–Crippen LogP) is 0.548. The van der Waals surface area contributed by atoms with Crippen molar-refractivity contribution in [1.29, 1.82) is 0 Å². The lowest BCUT2D eigenvalue weighted by Crippen LogP contribution is -2.04. The summed E-state index contributed by atoms with van der Waals surface area (Å²) in [6.45, 7) is 0. The van der Waals surface area contributed by atoms with Crippen LogP contribution in [0.5, 0.6) is 0 Å². The van der Waals surface area contributed by atoms with Gasteiger partial charge in [0.05, 0.1) is 0 Å². The van der Waals surface area contributed by atoms with Gasteiger partial charge in [-0.15, -0.1) is 0 Å². The molecule has 15 heavy (non-hydrogen) atoms. The molecule has 6 nitrogen and oxygen atoms in total. The molecule has 0 atom stereocenters. The first-order valence-corrected chi connectivity index (χ1v) is 4.19.